The van der Waals surface area contributed by atoms with E-state index in [0.29, 0.717) is 41.6 Å². The van der Waals surface area contributed by atoms with Gasteiger partial charge in [-0.15, -0.1) is 0 Å². The van der Waals surface area contributed by atoms with Crippen molar-refractivity contribution in [2.75, 3.05) is 33.5 Å². The van der Waals surface area contributed by atoms with Crippen molar-refractivity contribution in [3.63, 3.8) is 0 Å². The third kappa shape index (κ3) is 5.59. The standard InChI is InChI=1S/C27H33NO7/c1-6-34-22-14-18(7-10-21(22)29)24-23(26(31)27(32)28(24)11-12-33-5)25(30)20-9-8-19(13-17(20)4)35-15-16(2)3/h7-10,13-14,16,24,29-30H,6,11-12,15H2,1-5H3/t24-/m1/s1. The fourth-order valence-corrected chi connectivity index (χ4v) is 4.02. The van der Waals surface area contributed by atoms with E-state index >= 15 is 0 Å². The van der Waals surface area contributed by atoms with E-state index in [1.165, 1.54) is 18.1 Å². The number of amides is 1. The Morgan fingerprint density at radius 3 is 2.49 bits per heavy atom. The van der Waals surface area contributed by atoms with E-state index in [-0.39, 0.29) is 36.0 Å². The molecule has 0 spiro atoms. The fourth-order valence-electron chi connectivity index (χ4n) is 4.02. The summed E-state index contributed by atoms with van der Waals surface area (Å²) < 4.78 is 16.4. The van der Waals surface area contributed by atoms with Gasteiger partial charge in [0, 0.05) is 19.2 Å². The number of aryl methyl sites for hydroxylation is 1. The van der Waals surface area contributed by atoms with Gasteiger partial charge >= 0.3 is 0 Å². The first kappa shape index (κ1) is 26.1. The monoisotopic (exact) mass is 483 g/mol. The molecular weight excluding hydrogens is 450 g/mol. The minimum atomic E-state index is -0.874. The van der Waals surface area contributed by atoms with E-state index in [1.54, 1.807) is 44.2 Å². The summed E-state index contributed by atoms with van der Waals surface area (Å²) in [7, 11) is 1.51. The van der Waals surface area contributed by atoms with Gasteiger partial charge in [0.15, 0.2) is 11.5 Å². The Hall–Kier alpha value is -3.52. The smallest absolute Gasteiger partial charge is 0.295 e. The summed E-state index contributed by atoms with van der Waals surface area (Å²) in [6.45, 7) is 8.93. The molecule has 2 aromatic carbocycles. The number of aliphatic hydroxyl groups excluding tert-OH is 1. The zero-order chi connectivity index (χ0) is 25.7. The number of carbonyl (C=O) groups is 2. The third-order valence-corrected chi connectivity index (χ3v) is 5.71. The van der Waals surface area contributed by atoms with Crippen LogP contribution in [-0.4, -0.2) is 60.3 Å². The van der Waals surface area contributed by atoms with Crippen molar-refractivity contribution in [1.82, 2.24) is 4.90 Å². The lowest BCUT2D eigenvalue weighted by atomic mass is 9.93. The maximum Gasteiger partial charge on any atom is 0.295 e. The van der Waals surface area contributed by atoms with Crippen LogP contribution >= 0.6 is 0 Å². The highest BCUT2D eigenvalue weighted by atomic mass is 16.5. The van der Waals surface area contributed by atoms with Crippen LogP contribution in [0.15, 0.2) is 42.0 Å². The van der Waals surface area contributed by atoms with E-state index < -0.39 is 17.7 Å². The fraction of sp³-hybridized carbons (Fsp3) is 0.407. The van der Waals surface area contributed by atoms with Crippen LogP contribution in [0.2, 0.25) is 0 Å². The van der Waals surface area contributed by atoms with E-state index in [0.717, 1.165) is 0 Å². The number of hydrogen-bond donors (Lipinski definition) is 2. The number of benzene rings is 2. The summed E-state index contributed by atoms with van der Waals surface area (Å²) >= 11 is 0. The van der Waals surface area contributed by atoms with Crippen LogP contribution < -0.4 is 9.47 Å². The zero-order valence-corrected chi connectivity index (χ0v) is 20.8. The summed E-state index contributed by atoms with van der Waals surface area (Å²) in [6.07, 6.45) is 0. The number of methoxy groups -OCH3 is 1. The Morgan fingerprint density at radius 2 is 1.86 bits per heavy atom. The van der Waals surface area contributed by atoms with Crippen LogP contribution in [0, 0.1) is 12.8 Å². The van der Waals surface area contributed by atoms with Crippen molar-refractivity contribution in [1.29, 1.82) is 0 Å². The number of phenols is 1. The second-order valence-electron chi connectivity index (χ2n) is 8.83. The number of aromatic hydroxyl groups is 1. The molecule has 0 aliphatic carbocycles. The molecule has 1 atom stereocenters. The predicted octanol–water partition coefficient (Wildman–Crippen LogP) is 4.20. The maximum absolute atomic E-state index is 13.2. The lowest BCUT2D eigenvalue weighted by Gasteiger charge is -2.25. The molecule has 188 valence electrons. The molecule has 0 radical (unpaired) electrons. The van der Waals surface area contributed by atoms with Crippen molar-refractivity contribution >= 4 is 17.4 Å². The van der Waals surface area contributed by atoms with Gasteiger partial charge in [0.1, 0.15) is 11.5 Å². The molecule has 0 saturated carbocycles. The quantitative estimate of drug-likeness (QED) is 0.296. The highest BCUT2D eigenvalue weighted by Crippen LogP contribution is 2.42. The molecule has 1 fully saturated rings. The van der Waals surface area contributed by atoms with Crippen LogP contribution in [0.4, 0.5) is 0 Å². The SMILES string of the molecule is CCOc1cc([C@@H]2C(=C(O)c3ccc(OCC(C)C)cc3C)C(=O)C(=O)N2CCOC)ccc1O. The van der Waals surface area contributed by atoms with Gasteiger partial charge in [-0.1, -0.05) is 19.9 Å². The molecule has 1 aliphatic heterocycles. The number of ketones is 1. The number of aliphatic hydroxyl groups is 1. The topological polar surface area (TPSA) is 106 Å². The number of carbonyl (C=O) groups excluding carboxylic acids is 2. The van der Waals surface area contributed by atoms with Crippen molar-refractivity contribution in [2.45, 2.75) is 33.7 Å². The zero-order valence-electron chi connectivity index (χ0n) is 20.8. The average molecular weight is 484 g/mol. The van der Waals surface area contributed by atoms with Crippen LogP contribution in [0.25, 0.3) is 5.76 Å². The van der Waals surface area contributed by atoms with Crippen molar-refractivity contribution in [3.05, 3.63) is 58.7 Å². The highest BCUT2D eigenvalue weighted by Gasteiger charge is 2.46. The maximum atomic E-state index is 13.2. The second kappa shape index (κ2) is 11.3. The lowest BCUT2D eigenvalue weighted by Crippen LogP contribution is -2.32. The summed E-state index contributed by atoms with van der Waals surface area (Å²) in [4.78, 5) is 27.5. The molecule has 3 rings (SSSR count). The van der Waals surface area contributed by atoms with Crippen molar-refractivity contribution in [2.24, 2.45) is 5.92 Å². The average Bonchev–Trinajstić information content (AvgIpc) is 3.07. The number of phenolic OH excluding ortho intramolecular Hbond substituents is 1. The first-order chi connectivity index (χ1) is 16.7. The molecule has 35 heavy (non-hydrogen) atoms. The Bertz CT molecular complexity index is 1120. The normalized spacial score (nSPS) is 17.3. The number of nitrogens with zero attached hydrogens (tertiary/aromatic N) is 1. The number of rotatable bonds is 10. The summed E-state index contributed by atoms with van der Waals surface area (Å²) in [5.41, 5.74) is 1.63. The minimum absolute atomic E-state index is 0.0295. The van der Waals surface area contributed by atoms with Crippen LogP contribution in [0.5, 0.6) is 17.2 Å². The molecule has 8 heteroatoms. The van der Waals surface area contributed by atoms with Gasteiger partial charge in [-0.2, -0.15) is 0 Å². The van der Waals surface area contributed by atoms with E-state index in [1.807, 2.05) is 0 Å². The van der Waals surface area contributed by atoms with E-state index in [4.69, 9.17) is 14.2 Å². The van der Waals surface area contributed by atoms with Crippen LogP contribution in [0.1, 0.15) is 43.5 Å². The molecule has 1 aliphatic rings. The van der Waals surface area contributed by atoms with Gasteiger partial charge < -0.3 is 29.3 Å². The van der Waals surface area contributed by atoms with Crippen molar-refractivity contribution < 1.29 is 34.0 Å². The van der Waals surface area contributed by atoms with Gasteiger partial charge in [-0.05, 0) is 61.2 Å². The molecule has 0 bridgehead atoms. The summed E-state index contributed by atoms with van der Waals surface area (Å²) in [5.74, 6) is -0.596. The molecule has 0 unspecified atom stereocenters. The van der Waals surface area contributed by atoms with Gasteiger partial charge in [0.05, 0.1) is 31.4 Å². The Labute approximate surface area is 205 Å². The summed E-state index contributed by atoms with van der Waals surface area (Å²) in [6, 6.07) is 8.97. The molecule has 1 amide bonds. The minimum Gasteiger partial charge on any atom is -0.507 e. The molecule has 8 nitrogen and oxygen atoms in total. The van der Waals surface area contributed by atoms with Crippen LogP contribution in [-0.2, 0) is 14.3 Å². The molecule has 2 N–H and O–H groups in total. The Morgan fingerprint density at radius 1 is 1.11 bits per heavy atom. The van der Waals surface area contributed by atoms with Crippen LogP contribution in [0.3, 0.4) is 0 Å². The molecule has 2 aromatic rings. The van der Waals surface area contributed by atoms with Gasteiger partial charge in [0.25, 0.3) is 11.7 Å². The van der Waals surface area contributed by atoms with Gasteiger partial charge in [-0.3, -0.25) is 9.59 Å². The van der Waals surface area contributed by atoms with Crippen molar-refractivity contribution in [3.8, 4) is 17.2 Å². The Balaban J connectivity index is 2.12. The Kier molecular flexibility index (Phi) is 8.40. The second-order valence-corrected chi connectivity index (χ2v) is 8.83. The number of Topliss-reactive ketones (excluding diaryl/α,β-unsaturated/α-hetero) is 1. The number of likely N-dealkylation sites (tertiary alicyclic amines) is 1. The molecule has 1 heterocycles. The van der Waals surface area contributed by atoms with E-state index in [9.17, 15) is 19.8 Å². The number of ether oxygens (including phenoxy) is 3. The van der Waals surface area contributed by atoms with Gasteiger partial charge in [-0.25, -0.2) is 0 Å². The molecular formula is C27H33NO7. The lowest BCUT2D eigenvalue weighted by molar-refractivity contribution is -0.140. The highest BCUT2D eigenvalue weighted by molar-refractivity contribution is 6.46. The first-order valence-electron chi connectivity index (χ1n) is 11.7. The largest absolute Gasteiger partial charge is 0.507 e. The molecule has 0 aromatic heterocycles. The van der Waals surface area contributed by atoms with Gasteiger partial charge in [0.2, 0.25) is 0 Å². The first-order valence-corrected chi connectivity index (χ1v) is 11.7. The predicted molar refractivity (Wildman–Crippen MR) is 132 cm³/mol. The third-order valence-electron chi connectivity index (χ3n) is 5.71. The molecule has 1 saturated heterocycles. The summed E-state index contributed by atoms with van der Waals surface area (Å²) in [5, 5.41) is 21.5. The number of hydrogen-bond acceptors (Lipinski definition) is 7. The van der Waals surface area contributed by atoms with E-state index in [2.05, 4.69) is 13.8 Å².